The molecule has 1 aliphatic rings. The van der Waals surface area contributed by atoms with Crippen LogP contribution < -0.4 is 9.47 Å². The molecular weight excluding hydrogens is 252 g/mol. The zero-order chi connectivity index (χ0) is 13.9. The second kappa shape index (κ2) is 5.21. The molecule has 0 aliphatic carbocycles. The van der Waals surface area contributed by atoms with Gasteiger partial charge in [-0.05, 0) is 29.8 Å². The monoisotopic (exact) mass is 266 g/mol. The SMILES string of the molecule is COc1ccc2c(c1)C(=O)C(=Cc1ccccc1)CO2. The number of fused-ring (bicyclic) bond motifs is 1. The van der Waals surface area contributed by atoms with Crippen LogP contribution in [0.5, 0.6) is 11.5 Å². The van der Waals surface area contributed by atoms with E-state index in [1.807, 2.05) is 36.4 Å². The van der Waals surface area contributed by atoms with E-state index in [4.69, 9.17) is 9.47 Å². The van der Waals surface area contributed by atoms with Crippen LogP contribution in [0.4, 0.5) is 0 Å². The Morgan fingerprint density at radius 1 is 1.15 bits per heavy atom. The molecule has 3 nitrogen and oxygen atoms in total. The molecule has 0 aromatic heterocycles. The number of ketones is 1. The summed E-state index contributed by atoms with van der Waals surface area (Å²) >= 11 is 0. The Morgan fingerprint density at radius 2 is 1.95 bits per heavy atom. The third-order valence-corrected chi connectivity index (χ3v) is 3.25. The summed E-state index contributed by atoms with van der Waals surface area (Å²) in [7, 11) is 1.58. The van der Waals surface area contributed by atoms with Crippen molar-refractivity contribution in [3.63, 3.8) is 0 Å². The van der Waals surface area contributed by atoms with Gasteiger partial charge in [0.25, 0.3) is 0 Å². The molecule has 100 valence electrons. The van der Waals surface area contributed by atoms with E-state index in [2.05, 4.69) is 0 Å². The van der Waals surface area contributed by atoms with Gasteiger partial charge in [0.2, 0.25) is 0 Å². The van der Waals surface area contributed by atoms with E-state index >= 15 is 0 Å². The molecule has 0 unspecified atom stereocenters. The van der Waals surface area contributed by atoms with Crippen LogP contribution in [0.25, 0.3) is 6.08 Å². The fraction of sp³-hybridized carbons (Fsp3) is 0.118. The molecule has 3 rings (SSSR count). The van der Waals surface area contributed by atoms with Crippen LogP contribution in [0.1, 0.15) is 15.9 Å². The Morgan fingerprint density at radius 3 is 2.70 bits per heavy atom. The van der Waals surface area contributed by atoms with E-state index in [1.165, 1.54) is 0 Å². The highest BCUT2D eigenvalue weighted by Crippen LogP contribution is 2.31. The molecule has 0 saturated heterocycles. The maximum Gasteiger partial charge on any atom is 0.196 e. The number of methoxy groups -OCH3 is 1. The minimum absolute atomic E-state index is 0.00555. The van der Waals surface area contributed by atoms with Crippen LogP contribution in [0.3, 0.4) is 0 Å². The first kappa shape index (κ1) is 12.5. The molecule has 0 amide bonds. The maximum absolute atomic E-state index is 12.5. The first-order valence-corrected chi connectivity index (χ1v) is 6.39. The number of carbonyl (C=O) groups is 1. The van der Waals surface area contributed by atoms with E-state index < -0.39 is 0 Å². The first-order valence-electron chi connectivity index (χ1n) is 6.39. The van der Waals surface area contributed by atoms with E-state index in [-0.39, 0.29) is 5.78 Å². The highest BCUT2D eigenvalue weighted by atomic mass is 16.5. The average Bonchev–Trinajstić information content (AvgIpc) is 2.51. The van der Waals surface area contributed by atoms with Gasteiger partial charge >= 0.3 is 0 Å². The summed E-state index contributed by atoms with van der Waals surface area (Å²) in [5, 5.41) is 0. The highest BCUT2D eigenvalue weighted by molar-refractivity contribution is 6.14. The maximum atomic E-state index is 12.5. The minimum Gasteiger partial charge on any atom is -0.497 e. The molecule has 2 aromatic carbocycles. The van der Waals surface area contributed by atoms with Gasteiger partial charge in [-0.3, -0.25) is 4.79 Å². The normalized spacial score (nSPS) is 15.7. The van der Waals surface area contributed by atoms with Crippen molar-refractivity contribution in [3.05, 3.63) is 65.2 Å². The molecule has 3 heteroatoms. The molecule has 0 atom stereocenters. The number of hydrogen-bond donors (Lipinski definition) is 0. The lowest BCUT2D eigenvalue weighted by atomic mass is 9.98. The zero-order valence-electron chi connectivity index (χ0n) is 11.1. The molecule has 1 aliphatic heterocycles. The molecular formula is C17H14O3. The van der Waals surface area contributed by atoms with Crippen molar-refractivity contribution in [3.8, 4) is 11.5 Å². The second-order valence-corrected chi connectivity index (χ2v) is 4.56. The zero-order valence-corrected chi connectivity index (χ0v) is 11.1. The number of carbonyl (C=O) groups excluding carboxylic acids is 1. The number of rotatable bonds is 2. The molecule has 0 bridgehead atoms. The fourth-order valence-electron chi connectivity index (χ4n) is 2.19. The predicted molar refractivity (Wildman–Crippen MR) is 77.2 cm³/mol. The lowest BCUT2D eigenvalue weighted by Crippen LogP contribution is -2.19. The van der Waals surface area contributed by atoms with Gasteiger partial charge in [0.05, 0.1) is 12.7 Å². The molecule has 0 spiro atoms. The van der Waals surface area contributed by atoms with Crippen molar-refractivity contribution in [2.24, 2.45) is 0 Å². The third kappa shape index (κ3) is 2.30. The van der Waals surface area contributed by atoms with Gasteiger partial charge in [0.1, 0.15) is 18.1 Å². The summed E-state index contributed by atoms with van der Waals surface area (Å²) in [5.74, 6) is 1.26. The van der Waals surface area contributed by atoms with Crippen molar-refractivity contribution in [2.75, 3.05) is 13.7 Å². The summed E-state index contributed by atoms with van der Waals surface area (Å²) in [4.78, 5) is 12.5. The van der Waals surface area contributed by atoms with Crippen LogP contribution >= 0.6 is 0 Å². The van der Waals surface area contributed by atoms with Crippen molar-refractivity contribution < 1.29 is 14.3 Å². The van der Waals surface area contributed by atoms with Gasteiger partial charge in [-0.25, -0.2) is 0 Å². The predicted octanol–water partition coefficient (Wildman–Crippen LogP) is 3.35. The number of ether oxygens (including phenoxy) is 2. The van der Waals surface area contributed by atoms with E-state index in [1.54, 1.807) is 25.3 Å². The Balaban J connectivity index is 1.98. The van der Waals surface area contributed by atoms with Crippen LogP contribution in [-0.2, 0) is 0 Å². The molecule has 0 fully saturated rings. The van der Waals surface area contributed by atoms with E-state index in [0.717, 1.165) is 5.56 Å². The smallest absolute Gasteiger partial charge is 0.196 e. The summed E-state index contributed by atoms with van der Waals surface area (Å²) in [6.45, 7) is 0.299. The quantitative estimate of drug-likeness (QED) is 0.782. The first-order chi connectivity index (χ1) is 9.78. The van der Waals surface area contributed by atoms with Crippen molar-refractivity contribution >= 4 is 11.9 Å². The fourth-order valence-corrected chi connectivity index (χ4v) is 2.19. The topological polar surface area (TPSA) is 35.5 Å². The Bertz CT molecular complexity index is 672. The summed E-state index contributed by atoms with van der Waals surface area (Å²) in [6.07, 6.45) is 1.87. The second-order valence-electron chi connectivity index (χ2n) is 4.56. The average molecular weight is 266 g/mol. The lowest BCUT2D eigenvalue weighted by molar-refractivity contribution is 0.100. The standard InChI is InChI=1S/C17H14O3/c1-19-14-7-8-16-15(10-14)17(18)13(11-20-16)9-12-5-3-2-4-6-12/h2-10H,11H2,1H3. The molecule has 2 aromatic rings. The van der Waals surface area contributed by atoms with Crippen LogP contribution in [0, 0.1) is 0 Å². The van der Waals surface area contributed by atoms with Crippen molar-refractivity contribution in [1.82, 2.24) is 0 Å². The number of benzene rings is 2. The Kier molecular flexibility index (Phi) is 3.25. The Hall–Kier alpha value is -2.55. The molecule has 20 heavy (non-hydrogen) atoms. The van der Waals surface area contributed by atoms with Gasteiger partial charge in [0.15, 0.2) is 5.78 Å². The summed E-state index contributed by atoms with van der Waals surface area (Å²) in [6, 6.07) is 15.0. The summed E-state index contributed by atoms with van der Waals surface area (Å²) in [5.41, 5.74) is 2.19. The van der Waals surface area contributed by atoms with Crippen molar-refractivity contribution in [2.45, 2.75) is 0 Å². The minimum atomic E-state index is -0.00555. The molecule has 0 saturated carbocycles. The van der Waals surface area contributed by atoms with Gasteiger partial charge in [-0.15, -0.1) is 0 Å². The van der Waals surface area contributed by atoms with Gasteiger partial charge in [-0.2, -0.15) is 0 Å². The number of hydrogen-bond acceptors (Lipinski definition) is 3. The lowest BCUT2D eigenvalue weighted by Gasteiger charge is -2.19. The van der Waals surface area contributed by atoms with E-state index in [0.29, 0.717) is 29.2 Å². The Labute approximate surface area is 117 Å². The largest absolute Gasteiger partial charge is 0.497 e. The van der Waals surface area contributed by atoms with Gasteiger partial charge in [0, 0.05) is 5.57 Å². The molecule has 1 heterocycles. The number of Topliss-reactive ketones (excluding diaryl/α,β-unsaturated/α-hetero) is 1. The van der Waals surface area contributed by atoms with Crippen molar-refractivity contribution in [1.29, 1.82) is 0 Å². The third-order valence-electron chi connectivity index (χ3n) is 3.25. The van der Waals surface area contributed by atoms with Gasteiger partial charge in [-0.1, -0.05) is 30.3 Å². The highest BCUT2D eigenvalue weighted by Gasteiger charge is 2.23. The van der Waals surface area contributed by atoms with Crippen LogP contribution in [-0.4, -0.2) is 19.5 Å². The van der Waals surface area contributed by atoms with Crippen LogP contribution in [0.2, 0.25) is 0 Å². The van der Waals surface area contributed by atoms with Crippen LogP contribution in [0.15, 0.2) is 54.1 Å². The summed E-state index contributed by atoms with van der Waals surface area (Å²) < 4.78 is 10.8. The van der Waals surface area contributed by atoms with E-state index in [9.17, 15) is 4.79 Å². The molecule has 0 N–H and O–H groups in total. The molecule has 0 radical (unpaired) electrons. The van der Waals surface area contributed by atoms with Gasteiger partial charge < -0.3 is 9.47 Å².